The van der Waals surface area contributed by atoms with Crippen LogP contribution in [0.4, 0.5) is 0 Å². The predicted molar refractivity (Wildman–Crippen MR) is 86.9 cm³/mol. The van der Waals surface area contributed by atoms with Crippen LogP contribution in [0.3, 0.4) is 0 Å². The fourth-order valence-corrected chi connectivity index (χ4v) is 2.12. The van der Waals surface area contributed by atoms with Gasteiger partial charge in [0.1, 0.15) is 0 Å². The summed E-state index contributed by atoms with van der Waals surface area (Å²) in [6.45, 7) is 2.90. The molecule has 3 nitrogen and oxygen atoms in total. The van der Waals surface area contributed by atoms with Gasteiger partial charge < -0.3 is 9.47 Å². The third-order valence-corrected chi connectivity index (χ3v) is 3.40. The van der Waals surface area contributed by atoms with Crippen molar-refractivity contribution in [3.05, 3.63) is 59.7 Å². The van der Waals surface area contributed by atoms with Crippen molar-refractivity contribution in [1.82, 2.24) is 0 Å². The molecular formula is C18H21NO2. The van der Waals surface area contributed by atoms with Gasteiger partial charge in [0.25, 0.3) is 0 Å². The van der Waals surface area contributed by atoms with Gasteiger partial charge in [0.2, 0.25) is 0 Å². The minimum atomic E-state index is 0.324. The van der Waals surface area contributed by atoms with E-state index in [9.17, 15) is 0 Å². The summed E-state index contributed by atoms with van der Waals surface area (Å²) < 4.78 is 10.6. The van der Waals surface area contributed by atoms with E-state index >= 15 is 0 Å². The smallest absolute Gasteiger partial charge is 0.160 e. The van der Waals surface area contributed by atoms with Gasteiger partial charge in [0.15, 0.2) is 11.5 Å². The Bertz CT molecular complexity index is 593. The lowest BCUT2D eigenvalue weighted by Crippen LogP contribution is -2.00. The molecule has 1 atom stereocenters. The van der Waals surface area contributed by atoms with Crippen molar-refractivity contribution in [2.45, 2.75) is 12.8 Å². The van der Waals surface area contributed by atoms with Gasteiger partial charge in [-0.2, -0.15) is 0 Å². The molecule has 0 heterocycles. The Morgan fingerprint density at radius 2 is 1.71 bits per heavy atom. The van der Waals surface area contributed by atoms with Crippen LogP contribution in [-0.4, -0.2) is 27.0 Å². The first-order valence-electron chi connectivity index (χ1n) is 7.01. The van der Waals surface area contributed by atoms with Crippen LogP contribution in [0, 0.1) is 0 Å². The number of nitrogens with zero attached hydrogens (tertiary/aromatic N) is 1. The predicted octanol–water partition coefficient (Wildman–Crippen LogP) is 3.93. The monoisotopic (exact) mass is 283 g/mol. The first-order chi connectivity index (χ1) is 10.2. The van der Waals surface area contributed by atoms with Crippen LogP contribution in [-0.2, 0) is 0 Å². The van der Waals surface area contributed by atoms with Gasteiger partial charge in [-0.15, -0.1) is 0 Å². The Morgan fingerprint density at radius 1 is 1.00 bits per heavy atom. The van der Waals surface area contributed by atoms with E-state index in [1.807, 2.05) is 48.7 Å². The van der Waals surface area contributed by atoms with Crippen molar-refractivity contribution in [2.75, 3.05) is 20.8 Å². The zero-order chi connectivity index (χ0) is 15.1. The van der Waals surface area contributed by atoms with Crippen molar-refractivity contribution in [1.29, 1.82) is 0 Å². The molecule has 0 amide bonds. The van der Waals surface area contributed by atoms with E-state index in [-0.39, 0.29) is 0 Å². The highest BCUT2D eigenvalue weighted by molar-refractivity contribution is 5.79. The summed E-state index contributed by atoms with van der Waals surface area (Å²) in [5, 5.41) is 0. The van der Waals surface area contributed by atoms with E-state index in [2.05, 4.69) is 18.0 Å². The second-order valence-corrected chi connectivity index (χ2v) is 4.92. The van der Waals surface area contributed by atoms with Crippen LogP contribution in [0.5, 0.6) is 11.5 Å². The lowest BCUT2D eigenvalue weighted by atomic mass is 10.0. The molecule has 0 radical (unpaired) electrons. The molecule has 0 bridgehead atoms. The van der Waals surface area contributed by atoms with Gasteiger partial charge in [-0.3, -0.25) is 4.99 Å². The summed E-state index contributed by atoms with van der Waals surface area (Å²) >= 11 is 0. The molecule has 21 heavy (non-hydrogen) atoms. The standard InChI is InChI=1S/C18H21NO2/c1-14(12-19-13-15-7-5-4-6-8-15)16-9-10-17(20-2)18(11-16)21-3/h4-11,13-14H,12H2,1-3H3/t14-/m0/s1. The minimum Gasteiger partial charge on any atom is -0.493 e. The molecular weight excluding hydrogens is 262 g/mol. The summed E-state index contributed by atoms with van der Waals surface area (Å²) in [6, 6.07) is 16.1. The fraction of sp³-hybridized carbons (Fsp3) is 0.278. The Balaban J connectivity index is 2.03. The molecule has 2 rings (SSSR count). The molecule has 0 N–H and O–H groups in total. The second kappa shape index (κ2) is 7.48. The number of hydrogen-bond acceptors (Lipinski definition) is 3. The van der Waals surface area contributed by atoms with Gasteiger partial charge in [-0.25, -0.2) is 0 Å². The molecule has 0 spiro atoms. The first-order valence-corrected chi connectivity index (χ1v) is 7.01. The van der Waals surface area contributed by atoms with Crippen molar-refractivity contribution in [3.63, 3.8) is 0 Å². The highest BCUT2D eigenvalue weighted by Gasteiger charge is 2.09. The van der Waals surface area contributed by atoms with Crippen LogP contribution in [0.25, 0.3) is 0 Å². The lowest BCUT2D eigenvalue weighted by molar-refractivity contribution is 0.354. The number of methoxy groups -OCH3 is 2. The summed E-state index contributed by atoms with van der Waals surface area (Å²) in [5.41, 5.74) is 2.31. The van der Waals surface area contributed by atoms with Gasteiger partial charge in [0.05, 0.1) is 14.2 Å². The van der Waals surface area contributed by atoms with E-state index < -0.39 is 0 Å². The molecule has 0 fully saturated rings. The molecule has 0 saturated heterocycles. The molecule has 0 aliphatic carbocycles. The van der Waals surface area contributed by atoms with E-state index in [1.165, 1.54) is 5.56 Å². The number of hydrogen-bond donors (Lipinski definition) is 0. The number of aliphatic imine (C=N–C) groups is 1. The number of benzene rings is 2. The highest BCUT2D eigenvalue weighted by Crippen LogP contribution is 2.30. The fourth-order valence-electron chi connectivity index (χ4n) is 2.12. The molecule has 2 aromatic rings. The van der Waals surface area contributed by atoms with Crippen molar-refractivity contribution >= 4 is 6.21 Å². The maximum atomic E-state index is 5.34. The maximum absolute atomic E-state index is 5.34. The zero-order valence-electron chi connectivity index (χ0n) is 12.7. The largest absolute Gasteiger partial charge is 0.493 e. The average molecular weight is 283 g/mol. The third kappa shape index (κ3) is 4.09. The Labute approximate surface area is 126 Å². The quantitative estimate of drug-likeness (QED) is 0.752. The molecule has 0 aliphatic heterocycles. The Kier molecular flexibility index (Phi) is 5.38. The van der Waals surface area contributed by atoms with Gasteiger partial charge in [0, 0.05) is 18.7 Å². The molecule has 0 saturated carbocycles. The average Bonchev–Trinajstić information content (AvgIpc) is 2.55. The van der Waals surface area contributed by atoms with Crippen LogP contribution < -0.4 is 9.47 Å². The Hall–Kier alpha value is -2.29. The summed E-state index contributed by atoms with van der Waals surface area (Å²) in [6.07, 6.45) is 1.91. The van der Waals surface area contributed by atoms with Gasteiger partial charge in [-0.1, -0.05) is 43.3 Å². The number of rotatable bonds is 6. The van der Waals surface area contributed by atoms with Crippen LogP contribution in [0.2, 0.25) is 0 Å². The van der Waals surface area contributed by atoms with Crippen LogP contribution in [0.1, 0.15) is 24.0 Å². The summed E-state index contributed by atoms with van der Waals surface area (Å²) in [7, 11) is 3.30. The highest BCUT2D eigenvalue weighted by atomic mass is 16.5. The third-order valence-electron chi connectivity index (χ3n) is 3.40. The second-order valence-electron chi connectivity index (χ2n) is 4.92. The van der Waals surface area contributed by atoms with E-state index in [0.29, 0.717) is 5.92 Å². The molecule has 3 heteroatoms. The van der Waals surface area contributed by atoms with Crippen LogP contribution in [0.15, 0.2) is 53.5 Å². The molecule has 0 aromatic heterocycles. The summed E-state index contributed by atoms with van der Waals surface area (Å²) in [5.74, 6) is 1.83. The van der Waals surface area contributed by atoms with Gasteiger partial charge in [-0.05, 0) is 23.3 Å². The Morgan fingerprint density at radius 3 is 2.38 bits per heavy atom. The number of ether oxygens (including phenoxy) is 2. The van der Waals surface area contributed by atoms with Crippen molar-refractivity contribution in [3.8, 4) is 11.5 Å². The van der Waals surface area contributed by atoms with E-state index in [4.69, 9.17) is 9.47 Å². The molecule has 110 valence electrons. The molecule has 0 unspecified atom stereocenters. The topological polar surface area (TPSA) is 30.8 Å². The van der Waals surface area contributed by atoms with E-state index in [0.717, 1.165) is 23.6 Å². The normalized spacial score (nSPS) is 12.3. The maximum Gasteiger partial charge on any atom is 0.160 e. The molecule has 0 aliphatic rings. The summed E-state index contributed by atoms with van der Waals surface area (Å²) in [4.78, 5) is 4.52. The first kappa shape index (κ1) is 15.1. The van der Waals surface area contributed by atoms with Crippen molar-refractivity contribution < 1.29 is 9.47 Å². The SMILES string of the molecule is COc1ccc([C@@H](C)CN=Cc2ccccc2)cc1OC. The zero-order valence-corrected chi connectivity index (χ0v) is 12.7. The molecule has 2 aromatic carbocycles. The minimum absolute atomic E-state index is 0.324. The van der Waals surface area contributed by atoms with Gasteiger partial charge >= 0.3 is 0 Å². The lowest BCUT2D eigenvalue weighted by Gasteiger charge is -2.13. The van der Waals surface area contributed by atoms with E-state index in [1.54, 1.807) is 14.2 Å². The van der Waals surface area contributed by atoms with Crippen molar-refractivity contribution in [2.24, 2.45) is 4.99 Å². The van der Waals surface area contributed by atoms with Crippen LogP contribution >= 0.6 is 0 Å².